The Morgan fingerprint density at radius 2 is 2.05 bits per heavy atom. The van der Waals surface area contributed by atoms with Crippen molar-refractivity contribution < 1.29 is 9.84 Å². The van der Waals surface area contributed by atoms with Gasteiger partial charge in [0.15, 0.2) is 0 Å². The molecule has 3 heteroatoms. The van der Waals surface area contributed by atoms with E-state index in [1.165, 1.54) is 11.1 Å². The Morgan fingerprint density at radius 3 is 2.76 bits per heavy atom. The van der Waals surface area contributed by atoms with Gasteiger partial charge in [0.2, 0.25) is 0 Å². The van der Waals surface area contributed by atoms with Crippen molar-refractivity contribution in [1.29, 1.82) is 0 Å². The lowest BCUT2D eigenvalue weighted by atomic mass is 10.0. The minimum Gasteiger partial charge on any atom is -0.488 e. The summed E-state index contributed by atoms with van der Waals surface area (Å²) in [4.78, 5) is 2.09. The highest BCUT2D eigenvalue weighted by molar-refractivity contribution is 7.12. The third kappa shape index (κ3) is 4.35. The third-order valence-corrected chi connectivity index (χ3v) is 4.09. The van der Waals surface area contributed by atoms with Crippen LogP contribution in [-0.4, -0.2) is 11.7 Å². The minimum absolute atomic E-state index is 0.106. The Kier molecular flexibility index (Phi) is 5.44. The van der Waals surface area contributed by atoms with Gasteiger partial charge in [-0.25, -0.2) is 0 Å². The quantitative estimate of drug-likeness (QED) is 0.861. The normalized spacial score (nSPS) is 10.3. The number of rotatable bonds is 4. The number of hydrogen-bond acceptors (Lipinski definition) is 3. The van der Waals surface area contributed by atoms with Crippen LogP contribution in [0.4, 0.5) is 0 Å². The number of ether oxygens (including phenoxy) is 1. The van der Waals surface area contributed by atoms with Crippen molar-refractivity contribution in [1.82, 2.24) is 0 Å². The number of hydrogen-bond donors (Lipinski definition) is 1. The first kappa shape index (κ1) is 15.6. The molecule has 0 atom stereocenters. The van der Waals surface area contributed by atoms with E-state index in [-0.39, 0.29) is 6.61 Å². The molecule has 2 rings (SSSR count). The lowest BCUT2D eigenvalue weighted by Gasteiger charge is -2.14. The fraction of sp³-hybridized carbons (Fsp3) is 0.333. The zero-order valence-electron chi connectivity index (χ0n) is 12.6. The molecule has 0 bridgehead atoms. The van der Waals surface area contributed by atoms with Gasteiger partial charge in [0.25, 0.3) is 0 Å². The zero-order valence-corrected chi connectivity index (χ0v) is 13.5. The van der Waals surface area contributed by atoms with Crippen LogP contribution >= 0.6 is 11.3 Å². The van der Waals surface area contributed by atoms with E-state index in [1.807, 2.05) is 12.1 Å². The van der Waals surface area contributed by atoms with E-state index in [1.54, 1.807) is 11.3 Å². The fourth-order valence-corrected chi connectivity index (χ4v) is 2.84. The van der Waals surface area contributed by atoms with Gasteiger partial charge in [-0.3, -0.25) is 0 Å². The second-order valence-electron chi connectivity index (χ2n) is 5.21. The van der Waals surface area contributed by atoms with Crippen molar-refractivity contribution in [3.63, 3.8) is 0 Å². The maximum absolute atomic E-state index is 8.70. The van der Waals surface area contributed by atoms with E-state index < -0.39 is 0 Å². The molecule has 1 aromatic heterocycles. The maximum Gasteiger partial charge on any atom is 0.123 e. The maximum atomic E-state index is 8.70. The number of aliphatic hydroxyl groups excluding tert-OH is 1. The van der Waals surface area contributed by atoms with Gasteiger partial charge in [-0.05, 0) is 42.2 Å². The van der Waals surface area contributed by atoms with Crippen LogP contribution in [-0.2, 0) is 6.61 Å². The van der Waals surface area contributed by atoms with Gasteiger partial charge in [0, 0.05) is 4.88 Å². The van der Waals surface area contributed by atoms with Crippen LogP contribution < -0.4 is 4.74 Å². The van der Waals surface area contributed by atoms with Crippen LogP contribution in [0.2, 0.25) is 0 Å². The van der Waals surface area contributed by atoms with E-state index in [0.717, 1.165) is 15.5 Å². The third-order valence-electron chi connectivity index (χ3n) is 3.11. The molecule has 0 amide bonds. The molecule has 0 aliphatic carbocycles. The largest absolute Gasteiger partial charge is 0.488 e. The van der Waals surface area contributed by atoms with Gasteiger partial charge < -0.3 is 9.84 Å². The predicted octanol–water partition coefficient (Wildman–Crippen LogP) is 4.10. The first-order valence-corrected chi connectivity index (χ1v) is 7.83. The second kappa shape index (κ2) is 7.31. The summed E-state index contributed by atoms with van der Waals surface area (Å²) < 4.78 is 6.00. The Balaban J connectivity index is 2.09. The molecular formula is C18H20O2S. The number of aliphatic hydroxyl groups is 1. The van der Waals surface area contributed by atoms with Crippen LogP contribution in [0.15, 0.2) is 30.3 Å². The van der Waals surface area contributed by atoms with Crippen molar-refractivity contribution in [2.45, 2.75) is 33.3 Å². The summed E-state index contributed by atoms with van der Waals surface area (Å²) in [5, 5.41) is 8.70. The molecule has 1 N–H and O–H groups in total. The first-order chi connectivity index (χ1) is 10.1. The Labute approximate surface area is 130 Å². The summed E-state index contributed by atoms with van der Waals surface area (Å²) in [5.41, 5.74) is 2.44. The van der Waals surface area contributed by atoms with E-state index in [0.29, 0.717) is 12.5 Å². The molecule has 0 fully saturated rings. The molecule has 2 nitrogen and oxygen atoms in total. The van der Waals surface area contributed by atoms with Crippen LogP contribution in [0.3, 0.4) is 0 Å². The van der Waals surface area contributed by atoms with Gasteiger partial charge in [0.05, 0.1) is 4.88 Å². The minimum atomic E-state index is -0.106. The zero-order chi connectivity index (χ0) is 15.2. The molecule has 0 aliphatic heterocycles. The van der Waals surface area contributed by atoms with Crippen molar-refractivity contribution in [2.24, 2.45) is 0 Å². The summed E-state index contributed by atoms with van der Waals surface area (Å²) in [7, 11) is 0. The van der Waals surface area contributed by atoms with Gasteiger partial charge in [-0.2, -0.15) is 0 Å². The fourth-order valence-electron chi connectivity index (χ4n) is 2.04. The number of aryl methyl sites for hydroxylation is 1. The monoisotopic (exact) mass is 300 g/mol. The topological polar surface area (TPSA) is 29.5 Å². The lowest BCUT2D eigenvalue weighted by molar-refractivity contribution is 0.305. The number of benzene rings is 1. The molecule has 0 radical (unpaired) electrons. The molecule has 1 heterocycles. The average molecular weight is 300 g/mol. The van der Waals surface area contributed by atoms with E-state index in [2.05, 4.69) is 50.8 Å². The highest BCUT2D eigenvalue weighted by Gasteiger charge is 2.09. The number of thiophene rings is 1. The summed E-state index contributed by atoms with van der Waals surface area (Å²) in [6, 6.07) is 10.3. The highest BCUT2D eigenvalue weighted by Crippen LogP contribution is 2.28. The van der Waals surface area contributed by atoms with Crippen molar-refractivity contribution >= 4 is 11.3 Å². The van der Waals surface area contributed by atoms with Crippen molar-refractivity contribution in [2.75, 3.05) is 6.61 Å². The average Bonchev–Trinajstić information content (AvgIpc) is 2.90. The molecule has 0 spiro atoms. The molecule has 21 heavy (non-hydrogen) atoms. The highest BCUT2D eigenvalue weighted by atomic mass is 32.1. The standard InChI is InChI=1S/C18H20O2S/c1-13(2)17-9-6-14(3)11-18(17)20-12-16-8-7-15(21-16)5-4-10-19/h6-9,11,13,19H,10,12H2,1-3H3. The van der Waals surface area contributed by atoms with Gasteiger partial charge >= 0.3 is 0 Å². The summed E-state index contributed by atoms with van der Waals surface area (Å²) in [6.07, 6.45) is 0. The van der Waals surface area contributed by atoms with Gasteiger partial charge in [0.1, 0.15) is 19.0 Å². The Bertz CT molecular complexity index is 659. The van der Waals surface area contributed by atoms with Crippen LogP contribution in [0.5, 0.6) is 5.75 Å². The molecule has 110 valence electrons. The summed E-state index contributed by atoms with van der Waals surface area (Å²) in [5.74, 6) is 6.97. The molecule has 0 saturated heterocycles. The Hall–Kier alpha value is -1.76. The van der Waals surface area contributed by atoms with Crippen LogP contribution in [0.1, 0.15) is 40.6 Å². The predicted molar refractivity (Wildman–Crippen MR) is 87.9 cm³/mol. The van der Waals surface area contributed by atoms with Crippen molar-refractivity contribution in [3.05, 3.63) is 51.2 Å². The second-order valence-corrected chi connectivity index (χ2v) is 6.38. The molecular weight excluding hydrogens is 280 g/mol. The molecule has 2 aromatic rings. The molecule has 0 aliphatic rings. The van der Waals surface area contributed by atoms with E-state index in [4.69, 9.17) is 9.84 Å². The van der Waals surface area contributed by atoms with E-state index >= 15 is 0 Å². The molecule has 0 unspecified atom stereocenters. The van der Waals surface area contributed by atoms with Crippen LogP contribution in [0, 0.1) is 18.8 Å². The first-order valence-electron chi connectivity index (χ1n) is 7.02. The van der Waals surface area contributed by atoms with E-state index in [9.17, 15) is 0 Å². The molecule has 0 saturated carbocycles. The lowest BCUT2D eigenvalue weighted by Crippen LogP contribution is -1.99. The molecule has 1 aromatic carbocycles. The van der Waals surface area contributed by atoms with Crippen LogP contribution in [0.25, 0.3) is 0 Å². The smallest absolute Gasteiger partial charge is 0.123 e. The van der Waals surface area contributed by atoms with Gasteiger partial charge in [-0.1, -0.05) is 37.8 Å². The van der Waals surface area contributed by atoms with Crippen molar-refractivity contribution in [3.8, 4) is 17.6 Å². The summed E-state index contributed by atoms with van der Waals surface area (Å²) >= 11 is 1.60. The van der Waals surface area contributed by atoms with Gasteiger partial charge in [-0.15, -0.1) is 11.3 Å². The summed E-state index contributed by atoms with van der Waals surface area (Å²) in [6.45, 7) is 6.86. The SMILES string of the molecule is Cc1ccc(C(C)C)c(OCc2ccc(C#CCO)s2)c1. The Morgan fingerprint density at radius 1 is 1.24 bits per heavy atom.